The Bertz CT molecular complexity index is 1240. The fourth-order valence-corrected chi connectivity index (χ4v) is 3.95. The monoisotopic (exact) mass is 554 g/mol. The van der Waals surface area contributed by atoms with Crippen molar-refractivity contribution in [3.63, 3.8) is 0 Å². The third kappa shape index (κ3) is 8.77. The molecule has 3 rings (SSSR count). The van der Waals surface area contributed by atoms with Gasteiger partial charge >= 0.3 is 23.9 Å². The molecule has 5 atom stereocenters. The number of allylic oxidation sites excluding steroid dienone is 1. The van der Waals surface area contributed by atoms with Crippen molar-refractivity contribution in [2.75, 3.05) is 6.61 Å². The highest BCUT2D eigenvalue weighted by molar-refractivity contribution is 6.06. The van der Waals surface area contributed by atoms with Crippen molar-refractivity contribution in [1.82, 2.24) is 0 Å². The van der Waals surface area contributed by atoms with Gasteiger partial charge in [-0.15, -0.1) is 0 Å². The minimum Gasteiger partial charge on any atom is -0.463 e. The molecule has 2 aromatic carbocycles. The molecule has 1 aliphatic heterocycles. The van der Waals surface area contributed by atoms with Crippen molar-refractivity contribution in [3.05, 3.63) is 71.8 Å². The SMILES string of the molecule is CC(=O)OC[C@H]1O[C@H](Oc2ccc(/C=C/C(=O)c3ccccc3)cc2)[C@@H](OC(C)=O)[C@@H](OC(C)=O)[C@@H]1OC(C)=O. The number of rotatable bonds is 10. The van der Waals surface area contributed by atoms with Gasteiger partial charge in [0.15, 0.2) is 18.0 Å². The highest BCUT2D eigenvalue weighted by Crippen LogP contribution is 2.31. The van der Waals surface area contributed by atoms with Crippen molar-refractivity contribution in [1.29, 1.82) is 0 Å². The summed E-state index contributed by atoms with van der Waals surface area (Å²) in [4.78, 5) is 59.5. The molecule has 1 fully saturated rings. The summed E-state index contributed by atoms with van der Waals surface area (Å²) < 4.78 is 33.1. The Kier molecular flexibility index (Phi) is 10.5. The Morgan fingerprint density at radius 3 is 1.88 bits per heavy atom. The molecule has 0 bridgehead atoms. The van der Waals surface area contributed by atoms with Crippen molar-refractivity contribution < 1.29 is 52.4 Å². The van der Waals surface area contributed by atoms with Gasteiger partial charge in [-0.2, -0.15) is 0 Å². The maximum absolute atomic E-state index is 12.3. The molecule has 11 nitrogen and oxygen atoms in total. The van der Waals surface area contributed by atoms with Crippen LogP contribution >= 0.6 is 0 Å². The Labute approximate surface area is 230 Å². The van der Waals surface area contributed by atoms with E-state index in [1.165, 1.54) is 13.0 Å². The first-order chi connectivity index (χ1) is 19.0. The largest absolute Gasteiger partial charge is 0.463 e. The minimum atomic E-state index is -1.35. The van der Waals surface area contributed by atoms with Gasteiger partial charge in [-0.05, 0) is 23.8 Å². The van der Waals surface area contributed by atoms with Crippen LogP contribution in [0.3, 0.4) is 0 Å². The summed E-state index contributed by atoms with van der Waals surface area (Å²) in [6.45, 7) is 4.24. The number of carbonyl (C=O) groups is 5. The van der Waals surface area contributed by atoms with Gasteiger partial charge in [0.05, 0.1) is 0 Å². The van der Waals surface area contributed by atoms with Gasteiger partial charge in [0.25, 0.3) is 0 Å². The summed E-state index contributed by atoms with van der Waals surface area (Å²) in [5, 5.41) is 0. The van der Waals surface area contributed by atoms with E-state index in [0.717, 1.165) is 20.8 Å². The molecule has 1 aliphatic rings. The fraction of sp³-hybridized carbons (Fsp3) is 0.345. The summed E-state index contributed by atoms with van der Waals surface area (Å²) in [6.07, 6.45) is -3.34. The summed E-state index contributed by atoms with van der Waals surface area (Å²) in [5.74, 6) is -2.70. The van der Waals surface area contributed by atoms with Crippen LogP contribution < -0.4 is 4.74 Å². The van der Waals surface area contributed by atoms with Crippen LogP contribution in [0.1, 0.15) is 43.6 Å². The van der Waals surface area contributed by atoms with E-state index in [2.05, 4.69) is 0 Å². The first-order valence-corrected chi connectivity index (χ1v) is 12.4. The molecule has 0 aliphatic carbocycles. The zero-order valence-corrected chi connectivity index (χ0v) is 22.4. The van der Waals surface area contributed by atoms with Crippen LogP contribution in [0, 0.1) is 0 Å². The third-order valence-corrected chi connectivity index (χ3v) is 5.57. The normalized spacial score (nSPS) is 22.1. The highest BCUT2D eigenvalue weighted by atomic mass is 16.7. The van der Waals surface area contributed by atoms with Crippen LogP contribution in [0.4, 0.5) is 0 Å². The second-order valence-corrected chi connectivity index (χ2v) is 8.82. The van der Waals surface area contributed by atoms with Gasteiger partial charge in [-0.3, -0.25) is 24.0 Å². The van der Waals surface area contributed by atoms with E-state index in [-0.39, 0.29) is 18.1 Å². The average molecular weight is 555 g/mol. The summed E-state index contributed by atoms with van der Waals surface area (Å²) >= 11 is 0. The van der Waals surface area contributed by atoms with E-state index in [0.29, 0.717) is 11.1 Å². The molecule has 0 spiro atoms. The lowest BCUT2D eigenvalue weighted by molar-refractivity contribution is -0.288. The molecular weight excluding hydrogens is 524 g/mol. The highest BCUT2D eigenvalue weighted by Gasteiger charge is 2.53. The Balaban J connectivity index is 1.85. The molecule has 1 saturated heterocycles. The molecule has 11 heteroatoms. The van der Waals surface area contributed by atoms with Crippen LogP contribution in [0.2, 0.25) is 0 Å². The van der Waals surface area contributed by atoms with Crippen LogP contribution in [0.15, 0.2) is 60.7 Å². The van der Waals surface area contributed by atoms with Gasteiger partial charge < -0.3 is 28.4 Å². The van der Waals surface area contributed by atoms with Gasteiger partial charge in [0.1, 0.15) is 18.5 Å². The molecule has 0 saturated carbocycles. The Morgan fingerprint density at radius 2 is 1.30 bits per heavy atom. The number of esters is 4. The molecule has 40 heavy (non-hydrogen) atoms. The molecule has 0 radical (unpaired) electrons. The fourth-order valence-electron chi connectivity index (χ4n) is 3.95. The molecular formula is C29H30O11. The number of ether oxygens (including phenoxy) is 6. The average Bonchev–Trinajstić information content (AvgIpc) is 2.90. The van der Waals surface area contributed by atoms with E-state index in [1.54, 1.807) is 54.6 Å². The number of benzene rings is 2. The van der Waals surface area contributed by atoms with E-state index in [4.69, 9.17) is 28.4 Å². The summed E-state index contributed by atoms with van der Waals surface area (Å²) in [6, 6.07) is 15.4. The number of hydrogen-bond acceptors (Lipinski definition) is 11. The standard InChI is InChI=1S/C29H30O11/c1-17(30)35-16-25-26(36-18(2)31)27(37-19(3)32)28(38-20(4)33)29(40-25)39-23-13-10-21(11-14-23)12-15-24(34)22-8-6-5-7-9-22/h5-15,25-29H,16H2,1-4H3/b15-12+/t25-,26-,27+,28+,29+/m1/s1. The van der Waals surface area contributed by atoms with E-state index < -0.39 is 54.6 Å². The lowest BCUT2D eigenvalue weighted by atomic mass is 9.98. The molecule has 0 aromatic heterocycles. The second kappa shape index (κ2) is 14.0. The van der Waals surface area contributed by atoms with Crippen molar-refractivity contribution in [2.45, 2.75) is 58.4 Å². The number of hydrogen-bond donors (Lipinski definition) is 0. The minimum absolute atomic E-state index is 0.154. The molecule has 212 valence electrons. The maximum Gasteiger partial charge on any atom is 0.303 e. The van der Waals surface area contributed by atoms with Crippen molar-refractivity contribution in [2.24, 2.45) is 0 Å². The first kappa shape index (κ1) is 30.0. The summed E-state index contributed by atoms with van der Waals surface area (Å²) in [5.41, 5.74) is 1.26. The van der Waals surface area contributed by atoms with Crippen LogP contribution in [0.25, 0.3) is 6.08 Å². The second-order valence-electron chi connectivity index (χ2n) is 8.82. The van der Waals surface area contributed by atoms with E-state index >= 15 is 0 Å². The quantitative estimate of drug-likeness (QED) is 0.185. The predicted molar refractivity (Wildman–Crippen MR) is 139 cm³/mol. The van der Waals surface area contributed by atoms with Crippen LogP contribution in [-0.4, -0.2) is 67.0 Å². The topological polar surface area (TPSA) is 141 Å². The molecule has 0 amide bonds. The molecule has 2 aromatic rings. The number of ketones is 1. The predicted octanol–water partition coefficient (Wildman–Crippen LogP) is 3.04. The Morgan fingerprint density at radius 1 is 0.725 bits per heavy atom. The lowest BCUT2D eigenvalue weighted by Crippen LogP contribution is -2.63. The van der Waals surface area contributed by atoms with Gasteiger partial charge in [0, 0.05) is 33.3 Å². The lowest BCUT2D eigenvalue weighted by Gasteiger charge is -2.43. The van der Waals surface area contributed by atoms with Crippen molar-refractivity contribution >= 4 is 35.7 Å². The van der Waals surface area contributed by atoms with Crippen molar-refractivity contribution in [3.8, 4) is 5.75 Å². The third-order valence-electron chi connectivity index (χ3n) is 5.57. The number of carbonyl (C=O) groups excluding carboxylic acids is 5. The van der Waals surface area contributed by atoms with Crippen LogP contribution in [-0.2, 0) is 42.9 Å². The van der Waals surface area contributed by atoms with Gasteiger partial charge in [-0.25, -0.2) is 0 Å². The Hall–Kier alpha value is -4.51. The molecule has 1 heterocycles. The first-order valence-electron chi connectivity index (χ1n) is 12.4. The van der Waals surface area contributed by atoms with Gasteiger partial charge in [-0.1, -0.05) is 48.5 Å². The zero-order valence-electron chi connectivity index (χ0n) is 22.4. The molecule has 0 unspecified atom stereocenters. The summed E-state index contributed by atoms with van der Waals surface area (Å²) in [7, 11) is 0. The van der Waals surface area contributed by atoms with Crippen LogP contribution in [0.5, 0.6) is 5.75 Å². The zero-order chi connectivity index (χ0) is 29.2. The van der Waals surface area contributed by atoms with E-state index in [9.17, 15) is 24.0 Å². The van der Waals surface area contributed by atoms with Gasteiger partial charge in [0.2, 0.25) is 12.4 Å². The smallest absolute Gasteiger partial charge is 0.303 e. The molecule has 0 N–H and O–H groups in total. The maximum atomic E-state index is 12.3. The van der Waals surface area contributed by atoms with E-state index in [1.807, 2.05) is 6.07 Å².